The van der Waals surface area contributed by atoms with E-state index in [4.69, 9.17) is 9.47 Å². The number of rotatable bonds is 6. The summed E-state index contributed by atoms with van der Waals surface area (Å²) in [5, 5.41) is 10.5. The lowest BCUT2D eigenvalue weighted by Crippen LogP contribution is -2.06. The highest BCUT2D eigenvalue weighted by molar-refractivity contribution is 5.98. The number of hydrogen-bond acceptors (Lipinski definition) is 3. The Bertz CT molecular complexity index is 1030. The number of aromatic nitrogens is 1. The maximum atomic E-state index is 11.5. The van der Waals surface area contributed by atoms with Crippen LogP contribution >= 0.6 is 0 Å². The Morgan fingerprint density at radius 3 is 2.69 bits per heavy atom. The van der Waals surface area contributed by atoms with Gasteiger partial charge >= 0.3 is 5.97 Å². The molecule has 3 aromatic rings. The zero-order chi connectivity index (χ0) is 20.4. The molecular formula is C24H27NO4. The third-order valence-corrected chi connectivity index (χ3v) is 5.90. The lowest BCUT2D eigenvalue weighted by Gasteiger charge is -2.23. The van der Waals surface area contributed by atoms with Crippen LogP contribution in [0.1, 0.15) is 59.5 Å². The molecule has 0 aliphatic heterocycles. The summed E-state index contributed by atoms with van der Waals surface area (Å²) in [7, 11) is 1.61. The molecule has 2 N–H and O–H groups in total. The second-order valence-electron chi connectivity index (χ2n) is 7.82. The molecular weight excluding hydrogens is 366 g/mol. The first-order valence-corrected chi connectivity index (χ1v) is 10.2. The Morgan fingerprint density at radius 2 is 1.97 bits per heavy atom. The summed E-state index contributed by atoms with van der Waals surface area (Å²) < 4.78 is 11.1. The Morgan fingerprint density at radius 1 is 1.17 bits per heavy atom. The number of aromatic amines is 1. The fourth-order valence-corrected chi connectivity index (χ4v) is 4.54. The second kappa shape index (κ2) is 8.29. The SMILES string of the molecule is COCOc1c(C)cccc1-c1[nH]c2cc(C(=O)O)ccc2c1C1CCCCC1. The van der Waals surface area contributed by atoms with Gasteiger partial charge in [-0.2, -0.15) is 0 Å². The second-order valence-corrected chi connectivity index (χ2v) is 7.82. The quantitative estimate of drug-likeness (QED) is 0.514. The minimum absolute atomic E-state index is 0.181. The van der Waals surface area contributed by atoms with Gasteiger partial charge in [-0.1, -0.05) is 37.5 Å². The van der Waals surface area contributed by atoms with E-state index >= 15 is 0 Å². The fourth-order valence-electron chi connectivity index (χ4n) is 4.54. The zero-order valence-corrected chi connectivity index (χ0v) is 17.0. The topological polar surface area (TPSA) is 71.5 Å². The van der Waals surface area contributed by atoms with Gasteiger partial charge in [0.2, 0.25) is 0 Å². The van der Waals surface area contributed by atoms with Crippen LogP contribution in [0.5, 0.6) is 5.75 Å². The first-order valence-electron chi connectivity index (χ1n) is 10.2. The van der Waals surface area contributed by atoms with E-state index in [0.29, 0.717) is 11.5 Å². The van der Waals surface area contributed by atoms with Crippen molar-refractivity contribution < 1.29 is 19.4 Å². The zero-order valence-electron chi connectivity index (χ0n) is 17.0. The van der Waals surface area contributed by atoms with Crippen LogP contribution < -0.4 is 4.74 Å². The summed E-state index contributed by atoms with van der Waals surface area (Å²) in [6.07, 6.45) is 6.04. The number of nitrogens with one attached hydrogen (secondary N) is 1. The van der Waals surface area contributed by atoms with Crippen LogP contribution in [0.25, 0.3) is 22.2 Å². The van der Waals surface area contributed by atoms with E-state index in [1.54, 1.807) is 19.2 Å². The number of aryl methyl sites for hydroxylation is 1. The van der Waals surface area contributed by atoms with Crippen LogP contribution in [0.4, 0.5) is 0 Å². The number of aromatic carboxylic acids is 1. The lowest BCUT2D eigenvalue weighted by molar-refractivity contribution is 0.0510. The van der Waals surface area contributed by atoms with Gasteiger partial charge in [-0.25, -0.2) is 4.79 Å². The van der Waals surface area contributed by atoms with Crippen molar-refractivity contribution in [3.05, 3.63) is 53.1 Å². The van der Waals surface area contributed by atoms with Crippen molar-refractivity contribution in [2.75, 3.05) is 13.9 Å². The number of H-pyrrole nitrogens is 1. The van der Waals surface area contributed by atoms with Crippen LogP contribution in [0, 0.1) is 6.92 Å². The van der Waals surface area contributed by atoms with E-state index in [2.05, 4.69) is 11.1 Å². The number of carboxylic acid groups (broad SMARTS) is 1. The summed E-state index contributed by atoms with van der Waals surface area (Å²) in [6, 6.07) is 11.5. The molecule has 0 saturated heterocycles. The van der Waals surface area contributed by atoms with E-state index in [0.717, 1.165) is 46.3 Å². The van der Waals surface area contributed by atoms with E-state index in [1.807, 2.05) is 25.1 Å². The van der Waals surface area contributed by atoms with E-state index < -0.39 is 5.97 Å². The highest BCUT2D eigenvalue weighted by Gasteiger charge is 2.26. The standard InChI is InChI=1S/C24H27NO4/c1-15-7-6-10-19(23(15)29-14-28-2)22-21(16-8-4-3-5-9-16)18-12-11-17(24(26)27)13-20(18)25-22/h6-7,10-13,16,25H,3-5,8-9,14H2,1-2H3,(H,26,27). The highest BCUT2D eigenvalue weighted by atomic mass is 16.7. The number of carbonyl (C=O) groups is 1. The van der Waals surface area contributed by atoms with Gasteiger partial charge in [-0.15, -0.1) is 0 Å². The number of ether oxygens (including phenoxy) is 2. The normalized spacial score (nSPS) is 15.0. The Kier molecular flexibility index (Phi) is 5.58. The number of para-hydroxylation sites is 1. The molecule has 5 nitrogen and oxygen atoms in total. The third-order valence-electron chi connectivity index (χ3n) is 5.90. The van der Waals surface area contributed by atoms with Gasteiger partial charge in [0, 0.05) is 23.6 Å². The van der Waals surface area contributed by atoms with Gasteiger partial charge in [-0.3, -0.25) is 0 Å². The van der Waals surface area contributed by atoms with E-state index in [1.165, 1.54) is 24.8 Å². The highest BCUT2D eigenvalue weighted by Crippen LogP contribution is 2.45. The monoisotopic (exact) mass is 393 g/mol. The molecule has 1 fully saturated rings. The fraction of sp³-hybridized carbons (Fsp3) is 0.375. The van der Waals surface area contributed by atoms with Gasteiger partial charge < -0.3 is 19.6 Å². The number of methoxy groups -OCH3 is 1. The number of fused-ring (bicyclic) bond motifs is 1. The first-order chi connectivity index (χ1) is 14.1. The first kappa shape index (κ1) is 19.5. The molecule has 152 valence electrons. The van der Waals surface area contributed by atoms with Crippen molar-refractivity contribution in [3.8, 4) is 17.0 Å². The van der Waals surface area contributed by atoms with Gasteiger partial charge in [0.05, 0.1) is 11.3 Å². The summed E-state index contributed by atoms with van der Waals surface area (Å²) in [5.41, 5.74) is 5.50. The Balaban J connectivity index is 1.93. The van der Waals surface area contributed by atoms with Crippen molar-refractivity contribution in [3.63, 3.8) is 0 Å². The smallest absolute Gasteiger partial charge is 0.335 e. The molecule has 0 bridgehead atoms. The van der Waals surface area contributed by atoms with Gasteiger partial charge in [0.1, 0.15) is 5.75 Å². The molecule has 0 unspecified atom stereocenters. The molecule has 0 spiro atoms. The molecule has 1 heterocycles. The predicted molar refractivity (Wildman–Crippen MR) is 114 cm³/mol. The molecule has 1 aromatic heterocycles. The molecule has 2 aromatic carbocycles. The summed E-state index contributed by atoms with van der Waals surface area (Å²) in [4.78, 5) is 15.0. The average molecular weight is 393 g/mol. The van der Waals surface area contributed by atoms with E-state index in [-0.39, 0.29) is 6.79 Å². The van der Waals surface area contributed by atoms with Crippen molar-refractivity contribution in [2.45, 2.75) is 44.9 Å². The number of carboxylic acids is 1. The van der Waals surface area contributed by atoms with Crippen LogP contribution in [0.15, 0.2) is 36.4 Å². The molecule has 0 amide bonds. The van der Waals surface area contributed by atoms with Gasteiger partial charge in [0.25, 0.3) is 0 Å². The maximum absolute atomic E-state index is 11.5. The van der Waals surface area contributed by atoms with E-state index in [9.17, 15) is 9.90 Å². The molecule has 1 aliphatic rings. The molecule has 5 heteroatoms. The van der Waals surface area contributed by atoms with Crippen LogP contribution in [-0.4, -0.2) is 30.0 Å². The van der Waals surface area contributed by atoms with Crippen LogP contribution in [0.2, 0.25) is 0 Å². The van der Waals surface area contributed by atoms with Gasteiger partial charge in [-0.05, 0) is 55.0 Å². The molecule has 0 atom stereocenters. The maximum Gasteiger partial charge on any atom is 0.335 e. The summed E-state index contributed by atoms with van der Waals surface area (Å²) in [6.45, 7) is 2.21. The molecule has 4 rings (SSSR count). The number of benzene rings is 2. The lowest BCUT2D eigenvalue weighted by atomic mass is 9.81. The molecule has 0 radical (unpaired) electrons. The van der Waals surface area contributed by atoms with Crippen molar-refractivity contribution in [1.82, 2.24) is 4.98 Å². The van der Waals surface area contributed by atoms with Crippen LogP contribution in [-0.2, 0) is 4.74 Å². The average Bonchev–Trinajstić information content (AvgIpc) is 3.11. The molecule has 1 aliphatic carbocycles. The largest absolute Gasteiger partial charge is 0.478 e. The van der Waals surface area contributed by atoms with Crippen molar-refractivity contribution in [1.29, 1.82) is 0 Å². The van der Waals surface area contributed by atoms with Crippen molar-refractivity contribution >= 4 is 16.9 Å². The Hall–Kier alpha value is -2.79. The Labute approximate surface area is 170 Å². The summed E-state index contributed by atoms with van der Waals surface area (Å²) in [5.74, 6) is 0.345. The number of hydrogen-bond donors (Lipinski definition) is 2. The predicted octanol–water partition coefficient (Wildman–Crippen LogP) is 5.87. The van der Waals surface area contributed by atoms with Crippen LogP contribution in [0.3, 0.4) is 0 Å². The summed E-state index contributed by atoms with van der Waals surface area (Å²) >= 11 is 0. The minimum Gasteiger partial charge on any atom is -0.478 e. The molecule has 29 heavy (non-hydrogen) atoms. The molecule has 1 saturated carbocycles. The minimum atomic E-state index is -0.915. The van der Waals surface area contributed by atoms with Crippen molar-refractivity contribution in [2.24, 2.45) is 0 Å². The van der Waals surface area contributed by atoms with Gasteiger partial charge in [0.15, 0.2) is 6.79 Å². The third kappa shape index (κ3) is 3.75.